The molecule has 16 heavy (non-hydrogen) atoms. The lowest BCUT2D eigenvalue weighted by atomic mass is 10.1. The molecule has 0 saturated heterocycles. The molecule has 0 bridgehead atoms. The Balaban J connectivity index is 2.20. The van der Waals surface area contributed by atoms with Gasteiger partial charge in [0.1, 0.15) is 11.2 Å². The summed E-state index contributed by atoms with van der Waals surface area (Å²) in [5.41, 5.74) is 0.341. The first kappa shape index (κ1) is 9.84. The fraction of sp³-hybridized carbons (Fsp3) is 0.500. The summed E-state index contributed by atoms with van der Waals surface area (Å²) in [4.78, 5) is 23.8. The first-order valence-corrected chi connectivity index (χ1v) is 5.48. The molecule has 1 aliphatic heterocycles. The van der Waals surface area contributed by atoms with Crippen molar-refractivity contribution in [1.29, 1.82) is 0 Å². The Morgan fingerprint density at radius 3 is 2.75 bits per heavy atom. The summed E-state index contributed by atoms with van der Waals surface area (Å²) in [5, 5.41) is 0.212. The molecule has 1 spiro atoms. The maximum absolute atomic E-state index is 12.2. The fourth-order valence-corrected chi connectivity index (χ4v) is 2.39. The van der Waals surface area contributed by atoms with Crippen LogP contribution < -0.4 is 9.80 Å². The number of carbonyl (C=O) groups excluding carboxylic acids is 1. The minimum absolute atomic E-state index is 0.119. The Morgan fingerprint density at radius 2 is 2.12 bits per heavy atom. The van der Waals surface area contributed by atoms with E-state index in [1.165, 1.54) is 0 Å². The molecule has 0 aromatic carbocycles. The zero-order valence-corrected chi connectivity index (χ0v) is 9.82. The largest absolute Gasteiger partial charge is 0.343 e. The summed E-state index contributed by atoms with van der Waals surface area (Å²) in [6.45, 7) is 0. The maximum Gasteiger partial charge on any atom is 0.252 e. The summed E-state index contributed by atoms with van der Waals surface area (Å²) in [6.07, 6.45) is 3.36. The van der Waals surface area contributed by atoms with E-state index in [0.717, 1.165) is 24.3 Å². The molecule has 6 heteroatoms. The first-order valence-electron chi connectivity index (χ1n) is 5.11. The molecule has 0 unspecified atom stereocenters. The lowest BCUT2D eigenvalue weighted by Gasteiger charge is -2.38. The molecular weight excluding hydrogens is 228 g/mol. The Kier molecular flexibility index (Phi) is 1.75. The molecule has 1 saturated carbocycles. The van der Waals surface area contributed by atoms with E-state index in [0.29, 0.717) is 0 Å². The number of likely N-dealkylation sites (N-methyl/N-ethyl adjacent to an activating group) is 2. The van der Waals surface area contributed by atoms with Gasteiger partial charge in [-0.3, -0.25) is 4.79 Å². The van der Waals surface area contributed by atoms with Gasteiger partial charge in [-0.15, -0.1) is 0 Å². The average Bonchev–Trinajstić information content (AvgIpc) is 3.05. The molecule has 1 amide bonds. The summed E-state index contributed by atoms with van der Waals surface area (Å²) in [5.74, 6) is 0.855. The van der Waals surface area contributed by atoms with Crippen LogP contribution in [0.2, 0.25) is 5.28 Å². The van der Waals surface area contributed by atoms with Gasteiger partial charge in [0.25, 0.3) is 5.91 Å². The lowest BCUT2D eigenvalue weighted by Crippen LogP contribution is -2.53. The van der Waals surface area contributed by atoms with Crippen LogP contribution in [0.3, 0.4) is 0 Å². The predicted molar refractivity (Wildman–Crippen MR) is 60.8 cm³/mol. The van der Waals surface area contributed by atoms with Crippen LogP contribution in [0, 0.1) is 0 Å². The van der Waals surface area contributed by atoms with Gasteiger partial charge >= 0.3 is 0 Å². The van der Waals surface area contributed by atoms with Crippen LogP contribution in [0.1, 0.15) is 12.8 Å². The van der Waals surface area contributed by atoms with Crippen molar-refractivity contribution in [2.75, 3.05) is 23.9 Å². The van der Waals surface area contributed by atoms with Crippen molar-refractivity contribution >= 4 is 29.0 Å². The summed E-state index contributed by atoms with van der Waals surface area (Å²) >= 11 is 5.79. The molecule has 1 aromatic heterocycles. The fourth-order valence-electron chi connectivity index (χ4n) is 2.26. The number of amides is 1. The SMILES string of the molecule is CN1C(=O)C2(CC2)N(C)c2nc(Cl)ncc21. The number of aromatic nitrogens is 2. The normalized spacial score (nSPS) is 21.3. The van der Waals surface area contributed by atoms with Gasteiger partial charge in [0.15, 0.2) is 5.82 Å². The highest BCUT2D eigenvalue weighted by atomic mass is 35.5. The van der Waals surface area contributed by atoms with Crippen LogP contribution >= 0.6 is 11.6 Å². The van der Waals surface area contributed by atoms with Crippen molar-refractivity contribution in [1.82, 2.24) is 9.97 Å². The van der Waals surface area contributed by atoms with Crippen molar-refractivity contribution in [3.63, 3.8) is 0 Å². The molecule has 1 aliphatic carbocycles. The van der Waals surface area contributed by atoms with Crippen molar-refractivity contribution in [3.8, 4) is 0 Å². The standard InChI is InChI=1S/C10H11ClN4O/c1-14-6-5-12-9(11)13-7(6)15(2)10(3-4-10)8(14)16/h5H,3-4H2,1-2H3. The molecule has 84 valence electrons. The molecule has 2 heterocycles. The number of fused-ring (bicyclic) bond motifs is 1. The molecule has 1 fully saturated rings. The van der Waals surface area contributed by atoms with Crippen molar-refractivity contribution in [2.24, 2.45) is 0 Å². The Labute approximate surface area is 98.0 Å². The Morgan fingerprint density at radius 1 is 1.44 bits per heavy atom. The number of carbonyl (C=O) groups is 1. The monoisotopic (exact) mass is 238 g/mol. The number of hydrogen-bond donors (Lipinski definition) is 0. The average molecular weight is 239 g/mol. The Hall–Kier alpha value is -1.36. The van der Waals surface area contributed by atoms with E-state index in [1.54, 1.807) is 18.1 Å². The van der Waals surface area contributed by atoms with E-state index in [4.69, 9.17) is 11.6 Å². The minimum atomic E-state index is -0.376. The molecule has 0 radical (unpaired) electrons. The van der Waals surface area contributed by atoms with E-state index in [-0.39, 0.29) is 16.7 Å². The zero-order chi connectivity index (χ0) is 11.5. The number of anilines is 2. The number of halogens is 1. The maximum atomic E-state index is 12.2. The van der Waals surface area contributed by atoms with Crippen molar-refractivity contribution in [3.05, 3.63) is 11.5 Å². The lowest BCUT2D eigenvalue weighted by molar-refractivity contribution is -0.120. The van der Waals surface area contributed by atoms with E-state index < -0.39 is 0 Å². The summed E-state index contributed by atoms with van der Waals surface area (Å²) in [6, 6.07) is 0. The number of nitrogens with zero attached hydrogens (tertiary/aromatic N) is 4. The third-order valence-corrected chi connectivity index (χ3v) is 3.65. The van der Waals surface area contributed by atoms with E-state index in [1.807, 2.05) is 11.9 Å². The van der Waals surface area contributed by atoms with Gasteiger partial charge in [-0.2, -0.15) is 4.98 Å². The van der Waals surface area contributed by atoms with Crippen LogP contribution in [0.5, 0.6) is 0 Å². The molecular formula is C10H11ClN4O. The van der Waals surface area contributed by atoms with Crippen LogP contribution in [0.4, 0.5) is 11.5 Å². The number of rotatable bonds is 0. The van der Waals surface area contributed by atoms with E-state index in [2.05, 4.69) is 9.97 Å². The third-order valence-electron chi connectivity index (χ3n) is 3.47. The van der Waals surface area contributed by atoms with Crippen LogP contribution in [-0.2, 0) is 4.79 Å². The van der Waals surface area contributed by atoms with E-state index >= 15 is 0 Å². The van der Waals surface area contributed by atoms with Crippen LogP contribution in [0.25, 0.3) is 0 Å². The molecule has 1 aromatic rings. The van der Waals surface area contributed by atoms with Gasteiger partial charge in [0.05, 0.1) is 6.20 Å². The highest BCUT2D eigenvalue weighted by Gasteiger charge is 2.58. The molecule has 2 aliphatic rings. The van der Waals surface area contributed by atoms with Gasteiger partial charge in [-0.25, -0.2) is 4.98 Å². The molecule has 0 N–H and O–H groups in total. The molecule has 0 atom stereocenters. The topological polar surface area (TPSA) is 49.3 Å². The van der Waals surface area contributed by atoms with Crippen molar-refractivity contribution < 1.29 is 4.79 Å². The summed E-state index contributed by atoms with van der Waals surface area (Å²) < 4.78 is 0. The smallest absolute Gasteiger partial charge is 0.252 e. The number of hydrogen-bond acceptors (Lipinski definition) is 4. The van der Waals surface area contributed by atoms with Crippen molar-refractivity contribution in [2.45, 2.75) is 18.4 Å². The highest BCUT2D eigenvalue weighted by molar-refractivity contribution is 6.28. The summed E-state index contributed by atoms with van der Waals surface area (Å²) in [7, 11) is 3.64. The second-order valence-corrected chi connectivity index (χ2v) is 4.64. The van der Waals surface area contributed by atoms with Gasteiger partial charge in [0.2, 0.25) is 5.28 Å². The van der Waals surface area contributed by atoms with Gasteiger partial charge in [-0.05, 0) is 24.4 Å². The first-order chi connectivity index (χ1) is 7.56. The predicted octanol–water partition coefficient (Wildman–Crippen LogP) is 1.08. The second kappa shape index (κ2) is 2.85. The molecule has 5 nitrogen and oxygen atoms in total. The second-order valence-electron chi connectivity index (χ2n) is 4.30. The zero-order valence-electron chi connectivity index (χ0n) is 9.07. The minimum Gasteiger partial charge on any atom is -0.343 e. The highest BCUT2D eigenvalue weighted by Crippen LogP contribution is 2.50. The van der Waals surface area contributed by atoms with Crippen LogP contribution in [-0.4, -0.2) is 35.5 Å². The Bertz CT molecular complexity index is 486. The van der Waals surface area contributed by atoms with E-state index in [9.17, 15) is 4.79 Å². The van der Waals surface area contributed by atoms with Crippen LogP contribution in [0.15, 0.2) is 6.20 Å². The van der Waals surface area contributed by atoms with Gasteiger partial charge in [-0.1, -0.05) is 0 Å². The molecule has 3 rings (SSSR count). The third kappa shape index (κ3) is 1.04. The van der Waals surface area contributed by atoms with Gasteiger partial charge in [0, 0.05) is 14.1 Å². The quantitative estimate of drug-likeness (QED) is 0.635. The van der Waals surface area contributed by atoms with Gasteiger partial charge < -0.3 is 9.80 Å².